The number of carbonyl (C=O) groups is 1. The molecule has 0 radical (unpaired) electrons. The van der Waals surface area contributed by atoms with Crippen molar-refractivity contribution in [3.63, 3.8) is 0 Å². The Balaban J connectivity index is 1.50. The molecular formula is C24H31FN2O3. The van der Waals surface area contributed by atoms with Crippen LogP contribution in [0.1, 0.15) is 32.8 Å². The largest absolute Gasteiger partial charge is 0.494 e. The molecule has 3 rings (SSSR count). The molecule has 1 amide bonds. The molecule has 0 saturated carbocycles. The number of hydrogen-bond donors (Lipinski definition) is 0. The number of benzene rings is 2. The van der Waals surface area contributed by atoms with Crippen LogP contribution < -0.4 is 9.47 Å². The third-order valence-corrected chi connectivity index (χ3v) is 5.39. The lowest BCUT2D eigenvalue weighted by Gasteiger charge is -2.44. The fourth-order valence-corrected chi connectivity index (χ4v) is 3.67. The fourth-order valence-electron chi connectivity index (χ4n) is 3.67. The maximum Gasteiger partial charge on any atom is 0.260 e. The van der Waals surface area contributed by atoms with E-state index in [0.717, 1.165) is 30.8 Å². The van der Waals surface area contributed by atoms with Crippen LogP contribution in [0.5, 0.6) is 11.5 Å². The number of ether oxygens (including phenoxy) is 2. The van der Waals surface area contributed by atoms with Gasteiger partial charge in [-0.2, -0.15) is 0 Å². The van der Waals surface area contributed by atoms with Crippen molar-refractivity contribution in [2.75, 3.05) is 26.3 Å². The van der Waals surface area contributed by atoms with Gasteiger partial charge in [0, 0.05) is 31.7 Å². The van der Waals surface area contributed by atoms with Gasteiger partial charge >= 0.3 is 0 Å². The molecular weight excluding hydrogens is 383 g/mol. The third-order valence-electron chi connectivity index (χ3n) is 5.39. The van der Waals surface area contributed by atoms with E-state index in [0.29, 0.717) is 18.9 Å². The minimum atomic E-state index is -0.223. The standard InChI is InChI=1S/C24H31FN2O3/c1-4-13-29-22-9-11-23(12-10-22)30-17-24(28)27-15-18(2)26(14-19(27)3)16-20-5-7-21(25)8-6-20/h5-12,18-19H,4,13-17H2,1-3H3/t18-,19+/m0/s1. The molecule has 5 nitrogen and oxygen atoms in total. The van der Waals surface area contributed by atoms with Crippen molar-refractivity contribution in [1.29, 1.82) is 0 Å². The monoisotopic (exact) mass is 414 g/mol. The lowest BCUT2D eigenvalue weighted by Crippen LogP contribution is -2.58. The molecule has 0 spiro atoms. The minimum Gasteiger partial charge on any atom is -0.494 e. The van der Waals surface area contributed by atoms with Crippen molar-refractivity contribution in [2.45, 2.75) is 45.8 Å². The predicted octanol–water partition coefficient (Wildman–Crippen LogP) is 4.11. The summed E-state index contributed by atoms with van der Waals surface area (Å²) in [6, 6.07) is 14.3. The molecule has 1 fully saturated rings. The highest BCUT2D eigenvalue weighted by Crippen LogP contribution is 2.20. The van der Waals surface area contributed by atoms with Gasteiger partial charge in [0.1, 0.15) is 17.3 Å². The molecule has 0 aliphatic carbocycles. The Morgan fingerprint density at radius 1 is 0.967 bits per heavy atom. The summed E-state index contributed by atoms with van der Waals surface area (Å²) in [5.74, 6) is 1.22. The predicted molar refractivity (Wildman–Crippen MR) is 115 cm³/mol. The average molecular weight is 415 g/mol. The first-order valence-electron chi connectivity index (χ1n) is 10.6. The van der Waals surface area contributed by atoms with Crippen LogP contribution in [0.15, 0.2) is 48.5 Å². The molecule has 1 aliphatic rings. The van der Waals surface area contributed by atoms with E-state index < -0.39 is 0 Å². The van der Waals surface area contributed by atoms with Crippen LogP contribution in [0.25, 0.3) is 0 Å². The van der Waals surface area contributed by atoms with Crippen LogP contribution >= 0.6 is 0 Å². The highest BCUT2D eigenvalue weighted by Gasteiger charge is 2.32. The summed E-state index contributed by atoms with van der Waals surface area (Å²) in [4.78, 5) is 17.0. The Morgan fingerprint density at radius 3 is 2.23 bits per heavy atom. The molecule has 30 heavy (non-hydrogen) atoms. The molecule has 0 aromatic heterocycles. The fraction of sp³-hybridized carbons (Fsp3) is 0.458. The van der Waals surface area contributed by atoms with Crippen LogP contribution in [0.4, 0.5) is 4.39 Å². The molecule has 0 bridgehead atoms. The molecule has 162 valence electrons. The zero-order chi connectivity index (χ0) is 21.5. The molecule has 1 saturated heterocycles. The van der Waals surface area contributed by atoms with E-state index in [-0.39, 0.29) is 30.4 Å². The van der Waals surface area contributed by atoms with E-state index >= 15 is 0 Å². The van der Waals surface area contributed by atoms with Crippen LogP contribution in [0, 0.1) is 5.82 Å². The Morgan fingerprint density at radius 2 is 1.60 bits per heavy atom. The second-order valence-corrected chi connectivity index (χ2v) is 7.91. The highest BCUT2D eigenvalue weighted by molar-refractivity contribution is 5.78. The van der Waals surface area contributed by atoms with Gasteiger partial charge < -0.3 is 14.4 Å². The maximum absolute atomic E-state index is 13.1. The van der Waals surface area contributed by atoms with Crippen LogP contribution in [0.3, 0.4) is 0 Å². The number of amides is 1. The molecule has 0 N–H and O–H groups in total. The first-order chi connectivity index (χ1) is 14.5. The molecule has 0 unspecified atom stereocenters. The third kappa shape index (κ3) is 5.95. The van der Waals surface area contributed by atoms with Crippen molar-refractivity contribution in [1.82, 2.24) is 9.80 Å². The zero-order valence-corrected chi connectivity index (χ0v) is 18.0. The summed E-state index contributed by atoms with van der Waals surface area (Å²) in [5.41, 5.74) is 1.07. The second-order valence-electron chi connectivity index (χ2n) is 7.91. The van der Waals surface area contributed by atoms with Crippen molar-refractivity contribution in [2.24, 2.45) is 0 Å². The Hall–Kier alpha value is -2.60. The minimum absolute atomic E-state index is 0.0120. The van der Waals surface area contributed by atoms with Gasteiger partial charge in [0.2, 0.25) is 0 Å². The zero-order valence-electron chi connectivity index (χ0n) is 18.0. The number of rotatable bonds is 8. The van der Waals surface area contributed by atoms with Gasteiger partial charge in [-0.1, -0.05) is 19.1 Å². The van der Waals surface area contributed by atoms with Crippen molar-refractivity contribution in [3.8, 4) is 11.5 Å². The van der Waals surface area contributed by atoms with E-state index in [2.05, 4.69) is 25.7 Å². The van der Waals surface area contributed by atoms with Crippen molar-refractivity contribution >= 4 is 5.91 Å². The van der Waals surface area contributed by atoms with E-state index in [1.807, 2.05) is 41.3 Å². The Kier molecular flexibility index (Phi) is 7.69. The van der Waals surface area contributed by atoms with Gasteiger partial charge in [-0.3, -0.25) is 9.69 Å². The summed E-state index contributed by atoms with van der Waals surface area (Å²) >= 11 is 0. The lowest BCUT2D eigenvalue weighted by molar-refractivity contribution is -0.139. The molecule has 1 aliphatic heterocycles. The molecule has 2 atom stereocenters. The maximum atomic E-state index is 13.1. The van der Waals surface area contributed by atoms with E-state index in [1.54, 1.807) is 0 Å². The second kappa shape index (κ2) is 10.4. The van der Waals surface area contributed by atoms with Crippen LogP contribution in [-0.2, 0) is 11.3 Å². The van der Waals surface area contributed by atoms with Crippen molar-refractivity contribution < 1.29 is 18.7 Å². The number of piperazine rings is 1. The Bertz CT molecular complexity index is 810. The van der Waals surface area contributed by atoms with Gasteiger partial charge in [0.25, 0.3) is 5.91 Å². The van der Waals surface area contributed by atoms with Gasteiger partial charge in [0.15, 0.2) is 6.61 Å². The highest BCUT2D eigenvalue weighted by atomic mass is 19.1. The summed E-state index contributed by atoms with van der Waals surface area (Å²) in [5, 5.41) is 0. The van der Waals surface area contributed by atoms with E-state index in [4.69, 9.17) is 9.47 Å². The van der Waals surface area contributed by atoms with Gasteiger partial charge in [-0.25, -0.2) is 4.39 Å². The van der Waals surface area contributed by atoms with E-state index in [9.17, 15) is 9.18 Å². The Labute approximate surface area is 178 Å². The molecule has 2 aromatic carbocycles. The summed E-state index contributed by atoms with van der Waals surface area (Å²) in [7, 11) is 0. The first kappa shape index (κ1) is 22.1. The number of nitrogens with zero attached hydrogens (tertiary/aromatic N) is 2. The number of hydrogen-bond acceptors (Lipinski definition) is 4. The molecule has 1 heterocycles. The van der Waals surface area contributed by atoms with Gasteiger partial charge in [-0.05, 0) is 62.2 Å². The molecule has 6 heteroatoms. The van der Waals surface area contributed by atoms with E-state index in [1.165, 1.54) is 12.1 Å². The summed E-state index contributed by atoms with van der Waals surface area (Å²) in [6.07, 6.45) is 0.959. The van der Waals surface area contributed by atoms with Gasteiger partial charge in [0.05, 0.1) is 6.61 Å². The SMILES string of the molecule is CCCOc1ccc(OCC(=O)N2C[C@H](C)N(Cc3ccc(F)cc3)C[C@H]2C)cc1. The quantitative estimate of drug-likeness (QED) is 0.652. The summed E-state index contributed by atoms with van der Waals surface area (Å²) in [6.45, 7) is 9.10. The summed E-state index contributed by atoms with van der Waals surface area (Å²) < 4.78 is 24.4. The first-order valence-corrected chi connectivity index (χ1v) is 10.6. The average Bonchev–Trinajstić information content (AvgIpc) is 2.75. The topological polar surface area (TPSA) is 42.0 Å². The van der Waals surface area contributed by atoms with Crippen LogP contribution in [0.2, 0.25) is 0 Å². The van der Waals surface area contributed by atoms with Gasteiger partial charge in [-0.15, -0.1) is 0 Å². The number of halogens is 1. The smallest absolute Gasteiger partial charge is 0.260 e. The van der Waals surface area contributed by atoms with Crippen LogP contribution in [-0.4, -0.2) is 54.1 Å². The lowest BCUT2D eigenvalue weighted by atomic mass is 10.1. The van der Waals surface area contributed by atoms with Crippen molar-refractivity contribution in [3.05, 3.63) is 59.9 Å². The normalized spacial score (nSPS) is 19.5. The number of carbonyl (C=O) groups excluding carboxylic acids is 1. The molecule has 2 aromatic rings.